The van der Waals surface area contributed by atoms with Gasteiger partial charge in [-0.1, -0.05) is 152 Å². The molecule has 0 spiro atoms. The Kier molecular flexibility index (Phi) is 17.7. The van der Waals surface area contributed by atoms with Gasteiger partial charge in [-0.05, 0) is 51.1 Å². The number of aliphatic carboxylic acids is 2. The predicted molar refractivity (Wildman–Crippen MR) is 275 cm³/mol. The van der Waals surface area contributed by atoms with E-state index in [4.69, 9.17) is 18.9 Å². The normalized spacial score (nSPS) is 12.9. The zero-order chi connectivity index (χ0) is 51.9. The Labute approximate surface area is 427 Å². The number of nitrogens with one attached hydrogen (secondary N) is 2. The molecule has 0 aromatic heterocycles. The number of carboxylic acid groups (broad SMARTS) is 2. The number of thioether (sulfide) groups is 1. The van der Waals surface area contributed by atoms with Gasteiger partial charge in [0.05, 0.1) is 38.4 Å². The van der Waals surface area contributed by atoms with Crippen LogP contribution in [0.5, 0.6) is 11.5 Å². The lowest BCUT2D eigenvalue weighted by atomic mass is 9.84. The predicted octanol–water partition coefficient (Wildman–Crippen LogP) is 8.20. The molecule has 4 N–H and O–H groups in total. The van der Waals surface area contributed by atoms with Crippen LogP contribution in [0.15, 0.2) is 170 Å². The summed E-state index contributed by atoms with van der Waals surface area (Å²) >= 11 is 1.26. The number of fused-ring (bicyclic) bond motifs is 3. The van der Waals surface area contributed by atoms with Gasteiger partial charge >= 0.3 is 24.0 Å². The van der Waals surface area contributed by atoms with E-state index in [1.54, 1.807) is 18.2 Å². The zero-order valence-electron chi connectivity index (χ0n) is 40.2. The molecule has 16 heteroatoms. The maximum absolute atomic E-state index is 15.3. The number of hydrogen-bond donors (Lipinski definition) is 4. The molecule has 0 saturated carbocycles. The fraction of sp³-hybridized carbons (Fsp3) is 0.228. The molecule has 376 valence electrons. The number of rotatable bonds is 24. The lowest BCUT2D eigenvalue weighted by Gasteiger charge is -2.38. The first-order chi connectivity index (χ1) is 35.4. The van der Waals surface area contributed by atoms with Gasteiger partial charge in [-0.15, -0.1) is 11.8 Å². The van der Waals surface area contributed by atoms with Gasteiger partial charge in [0.2, 0.25) is 11.8 Å². The summed E-state index contributed by atoms with van der Waals surface area (Å²) in [6.45, 7) is 2.72. The SMILES string of the molecule is C=CCOC(=O)C[C@H](NC(=O)OCC1c2ccccc2-c2ccccc21)C(=O)N[C@@H](CC(=O)O)C(=O)N(Cc1ccc(OC)cc1OC)[C@@H](CSC(c1ccccc1)(c1ccccc1)c1ccccc1)C(=O)O. The third-order valence-corrected chi connectivity index (χ3v) is 14.1. The van der Waals surface area contributed by atoms with Crippen molar-refractivity contribution in [1.82, 2.24) is 15.5 Å². The van der Waals surface area contributed by atoms with Crippen molar-refractivity contribution in [2.24, 2.45) is 0 Å². The summed E-state index contributed by atoms with van der Waals surface area (Å²) in [7, 11) is 2.84. The van der Waals surface area contributed by atoms with Crippen LogP contribution in [0.1, 0.15) is 52.1 Å². The van der Waals surface area contributed by atoms with Gasteiger partial charge in [-0.25, -0.2) is 9.59 Å². The Bertz CT molecular complexity index is 2780. The maximum Gasteiger partial charge on any atom is 0.407 e. The van der Waals surface area contributed by atoms with Crippen LogP contribution in [0.3, 0.4) is 0 Å². The smallest absolute Gasteiger partial charge is 0.407 e. The number of methoxy groups -OCH3 is 2. The highest BCUT2D eigenvalue weighted by Crippen LogP contribution is 2.49. The second-order valence-corrected chi connectivity index (χ2v) is 18.2. The minimum Gasteiger partial charge on any atom is -0.497 e. The molecule has 0 radical (unpaired) electrons. The monoisotopic (exact) mass is 1010 g/mol. The fourth-order valence-corrected chi connectivity index (χ4v) is 10.6. The van der Waals surface area contributed by atoms with E-state index in [9.17, 15) is 34.2 Å². The van der Waals surface area contributed by atoms with E-state index in [-0.39, 0.29) is 30.6 Å². The van der Waals surface area contributed by atoms with Gasteiger partial charge in [-0.2, -0.15) is 0 Å². The second-order valence-electron chi connectivity index (χ2n) is 16.9. The van der Waals surface area contributed by atoms with Crippen molar-refractivity contribution in [2.45, 2.75) is 48.2 Å². The molecule has 3 amide bonds. The van der Waals surface area contributed by atoms with Gasteiger partial charge in [0.15, 0.2) is 0 Å². The molecule has 6 aromatic carbocycles. The number of ether oxygens (including phenoxy) is 4. The number of benzene rings is 6. The topological polar surface area (TPSA) is 207 Å². The number of hydrogen-bond acceptors (Lipinski definition) is 11. The molecule has 6 aromatic rings. The van der Waals surface area contributed by atoms with E-state index < -0.39 is 78.1 Å². The Balaban J connectivity index is 1.22. The molecular formula is C57H55N3O12S. The highest BCUT2D eigenvalue weighted by Gasteiger charge is 2.43. The number of amides is 3. The molecule has 0 bridgehead atoms. The molecule has 0 saturated heterocycles. The molecule has 0 heterocycles. The van der Waals surface area contributed by atoms with Crippen molar-refractivity contribution < 1.29 is 57.9 Å². The minimum atomic E-state index is -1.95. The van der Waals surface area contributed by atoms with Crippen molar-refractivity contribution in [3.8, 4) is 22.6 Å². The Hall–Kier alpha value is -8.37. The Morgan fingerprint density at radius 3 is 1.74 bits per heavy atom. The Morgan fingerprint density at radius 1 is 0.685 bits per heavy atom. The first kappa shape index (κ1) is 52.5. The molecule has 0 fully saturated rings. The summed E-state index contributed by atoms with van der Waals surface area (Å²) in [6, 6.07) is 43.2. The summed E-state index contributed by atoms with van der Waals surface area (Å²) < 4.78 is 20.9. The average Bonchev–Trinajstić information content (AvgIpc) is 3.73. The van der Waals surface area contributed by atoms with E-state index in [1.165, 1.54) is 32.1 Å². The van der Waals surface area contributed by atoms with Crippen LogP contribution in [-0.2, 0) is 44.7 Å². The van der Waals surface area contributed by atoms with Crippen molar-refractivity contribution in [3.63, 3.8) is 0 Å². The van der Waals surface area contributed by atoms with Crippen molar-refractivity contribution >= 4 is 47.6 Å². The van der Waals surface area contributed by atoms with Crippen LogP contribution in [0, 0.1) is 0 Å². The number of carboxylic acids is 2. The van der Waals surface area contributed by atoms with E-state index in [0.29, 0.717) is 11.3 Å². The average molecular weight is 1010 g/mol. The largest absolute Gasteiger partial charge is 0.497 e. The lowest BCUT2D eigenvalue weighted by Crippen LogP contribution is -2.58. The number of esters is 1. The van der Waals surface area contributed by atoms with Crippen LogP contribution in [0.4, 0.5) is 4.79 Å². The van der Waals surface area contributed by atoms with Crippen LogP contribution in [0.2, 0.25) is 0 Å². The van der Waals surface area contributed by atoms with Gasteiger partial charge in [0, 0.05) is 23.3 Å². The summed E-state index contributed by atoms with van der Waals surface area (Å²) in [4.78, 5) is 83.9. The number of nitrogens with zero attached hydrogens (tertiary/aromatic N) is 1. The molecule has 0 aliphatic heterocycles. The summed E-state index contributed by atoms with van der Waals surface area (Å²) in [5.41, 5.74) is 6.58. The zero-order valence-corrected chi connectivity index (χ0v) is 41.0. The molecular weight excluding hydrogens is 951 g/mol. The molecule has 0 unspecified atom stereocenters. The first-order valence-electron chi connectivity index (χ1n) is 23.3. The molecule has 3 atom stereocenters. The van der Waals surface area contributed by atoms with E-state index >= 15 is 4.79 Å². The maximum atomic E-state index is 15.3. The van der Waals surface area contributed by atoms with Gasteiger partial charge in [0.1, 0.15) is 42.8 Å². The third kappa shape index (κ3) is 12.4. The van der Waals surface area contributed by atoms with Gasteiger partial charge in [-0.3, -0.25) is 19.2 Å². The molecule has 15 nitrogen and oxygen atoms in total. The van der Waals surface area contributed by atoms with Crippen molar-refractivity contribution in [3.05, 3.63) is 204 Å². The van der Waals surface area contributed by atoms with E-state index in [1.807, 2.05) is 140 Å². The standard InChI is InChI=1S/C57H55N3O12S/c1-4-30-71-52(63)33-47(59-56(68)72-35-46-44-26-16-14-24-42(44)43-25-15-17-27-45(43)46)53(64)58-48(32-51(61)62)54(65)60(34-37-28-29-41(69-2)31-50(37)70-3)49(55(66)67)36-73-57(38-18-8-5-9-19-38,39-20-10-6-11-21-39)40-22-12-7-13-23-40/h4-29,31,46-49H,1,30,32-36H2,2-3H3,(H,58,64)(H,59,68)(H,61,62)(H,66,67)/t47-,48-,49-/m0/s1. The Morgan fingerprint density at radius 2 is 1.23 bits per heavy atom. The first-order valence-corrected chi connectivity index (χ1v) is 24.3. The van der Waals surface area contributed by atoms with Crippen LogP contribution < -0.4 is 20.1 Å². The fourth-order valence-electron chi connectivity index (χ4n) is 8.99. The summed E-state index contributed by atoms with van der Waals surface area (Å²) in [5.74, 6) is -6.13. The molecule has 1 aliphatic carbocycles. The summed E-state index contributed by atoms with van der Waals surface area (Å²) in [5, 5.41) is 26.4. The number of carbonyl (C=O) groups is 6. The van der Waals surface area contributed by atoms with Crippen LogP contribution in [-0.4, -0.2) is 102 Å². The molecule has 7 rings (SSSR count). The van der Waals surface area contributed by atoms with Crippen molar-refractivity contribution in [1.29, 1.82) is 0 Å². The van der Waals surface area contributed by atoms with Crippen LogP contribution >= 0.6 is 11.8 Å². The number of carbonyl (C=O) groups excluding carboxylic acids is 4. The molecule has 1 aliphatic rings. The lowest BCUT2D eigenvalue weighted by molar-refractivity contribution is -0.152. The second kappa shape index (κ2) is 24.6. The van der Waals surface area contributed by atoms with Crippen molar-refractivity contribution in [2.75, 3.05) is 33.2 Å². The van der Waals surface area contributed by atoms with Gasteiger partial charge in [0.25, 0.3) is 0 Å². The van der Waals surface area contributed by atoms with E-state index in [2.05, 4.69) is 17.2 Å². The highest BCUT2D eigenvalue weighted by atomic mass is 32.2. The minimum absolute atomic E-state index is 0.145. The third-order valence-electron chi connectivity index (χ3n) is 12.5. The number of alkyl carbamates (subject to hydrolysis) is 1. The van der Waals surface area contributed by atoms with Crippen LogP contribution in [0.25, 0.3) is 11.1 Å². The quantitative estimate of drug-likeness (QED) is 0.0257. The highest BCUT2D eigenvalue weighted by molar-refractivity contribution is 8.00. The summed E-state index contributed by atoms with van der Waals surface area (Å²) in [6.07, 6.45) is -1.57. The van der Waals surface area contributed by atoms with E-state index in [0.717, 1.165) is 43.8 Å². The molecule has 73 heavy (non-hydrogen) atoms. The van der Waals surface area contributed by atoms with Gasteiger partial charge < -0.3 is 44.7 Å².